The summed E-state index contributed by atoms with van der Waals surface area (Å²) in [6.07, 6.45) is 7.30. The van der Waals surface area contributed by atoms with Gasteiger partial charge < -0.3 is 14.2 Å². The van der Waals surface area contributed by atoms with E-state index in [1.165, 1.54) is 0 Å². The van der Waals surface area contributed by atoms with Crippen molar-refractivity contribution in [3.8, 4) is 0 Å². The van der Waals surface area contributed by atoms with E-state index in [0.29, 0.717) is 31.3 Å². The van der Waals surface area contributed by atoms with Crippen molar-refractivity contribution in [1.29, 1.82) is 0 Å². The molecule has 4 heterocycles. The second kappa shape index (κ2) is 8.00. The molecule has 2 aromatic heterocycles. The molecule has 2 aromatic rings. The van der Waals surface area contributed by atoms with Gasteiger partial charge in [0.1, 0.15) is 0 Å². The van der Waals surface area contributed by atoms with Gasteiger partial charge >= 0.3 is 0 Å². The van der Waals surface area contributed by atoms with E-state index in [1.54, 1.807) is 12.5 Å². The first kappa shape index (κ1) is 18.5. The third kappa shape index (κ3) is 4.17. The fourth-order valence-corrected chi connectivity index (χ4v) is 4.12. The Morgan fingerprint density at radius 2 is 2.07 bits per heavy atom. The van der Waals surface area contributed by atoms with Crippen LogP contribution in [0.4, 0.5) is 0 Å². The molecule has 0 radical (unpaired) electrons. The number of carbonyl (C=O) groups is 1. The van der Waals surface area contributed by atoms with Gasteiger partial charge in [-0.15, -0.1) is 0 Å². The molecule has 2 atom stereocenters. The van der Waals surface area contributed by atoms with Crippen molar-refractivity contribution in [2.45, 2.75) is 12.5 Å². The maximum Gasteiger partial charge on any atom is 0.227 e. The third-order valence-electron chi connectivity index (χ3n) is 5.39. The number of aryl methyl sites for hydroxylation is 1. The van der Waals surface area contributed by atoms with E-state index < -0.39 is 0 Å². The van der Waals surface area contributed by atoms with E-state index in [1.807, 2.05) is 33.6 Å². The zero-order valence-electron chi connectivity index (χ0n) is 15.5. The topological polar surface area (TPSA) is 68.4 Å². The molecule has 2 saturated heterocycles. The Morgan fingerprint density at radius 3 is 2.74 bits per heavy atom. The Kier molecular flexibility index (Phi) is 5.47. The average molecular weight is 393 g/mol. The molecule has 0 N–H and O–H groups in total. The van der Waals surface area contributed by atoms with Crippen LogP contribution in [0.5, 0.6) is 0 Å². The minimum Gasteiger partial charge on any atom is -0.378 e. The summed E-state index contributed by atoms with van der Waals surface area (Å²) in [5.74, 6) is 0.264. The van der Waals surface area contributed by atoms with E-state index in [4.69, 9.17) is 16.3 Å². The normalized spacial score (nSPS) is 23.9. The highest BCUT2D eigenvalue weighted by Gasteiger charge is 2.41. The number of likely N-dealkylation sites (tertiary alicyclic amines) is 1. The van der Waals surface area contributed by atoms with Crippen molar-refractivity contribution in [1.82, 2.24) is 29.1 Å². The van der Waals surface area contributed by atoms with Gasteiger partial charge in [0.25, 0.3) is 0 Å². The smallest absolute Gasteiger partial charge is 0.227 e. The number of nitrogens with zero attached hydrogens (tertiary/aromatic N) is 6. The number of hydrogen-bond acceptors (Lipinski definition) is 5. The van der Waals surface area contributed by atoms with Crippen LogP contribution in [0.25, 0.3) is 0 Å². The molecule has 146 valence electrons. The van der Waals surface area contributed by atoms with Crippen molar-refractivity contribution in [3.05, 3.63) is 35.6 Å². The number of amides is 1. The van der Waals surface area contributed by atoms with Crippen LogP contribution in [0.3, 0.4) is 0 Å². The summed E-state index contributed by atoms with van der Waals surface area (Å²) in [7, 11) is 1.96. The van der Waals surface area contributed by atoms with E-state index in [2.05, 4.69) is 15.0 Å². The van der Waals surface area contributed by atoms with Gasteiger partial charge in [0.2, 0.25) is 5.91 Å². The van der Waals surface area contributed by atoms with Crippen LogP contribution in [0, 0.1) is 5.92 Å². The van der Waals surface area contributed by atoms with Gasteiger partial charge in [0.15, 0.2) is 0 Å². The zero-order chi connectivity index (χ0) is 18.8. The summed E-state index contributed by atoms with van der Waals surface area (Å²) >= 11 is 5.94. The third-order valence-corrected chi connectivity index (χ3v) is 5.58. The number of imidazole rings is 1. The molecule has 9 heteroatoms. The number of halogens is 1. The van der Waals surface area contributed by atoms with Gasteiger partial charge in [-0.1, -0.05) is 11.6 Å². The lowest BCUT2D eigenvalue weighted by Crippen LogP contribution is -2.45. The Morgan fingerprint density at radius 1 is 1.26 bits per heavy atom. The van der Waals surface area contributed by atoms with Crippen molar-refractivity contribution in [2.24, 2.45) is 13.0 Å². The largest absolute Gasteiger partial charge is 0.378 e. The van der Waals surface area contributed by atoms with Gasteiger partial charge in [-0.25, -0.2) is 4.98 Å². The van der Waals surface area contributed by atoms with Crippen LogP contribution in [-0.4, -0.2) is 81.0 Å². The fourth-order valence-electron chi connectivity index (χ4n) is 3.97. The Bertz CT molecular complexity index is 784. The van der Waals surface area contributed by atoms with E-state index >= 15 is 0 Å². The summed E-state index contributed by atoms with van der Waals surface area (Å²) in [5, 5.41) is 4.88. The van der Waals surface area contributed by atoms with Crippen LogP contribution >= 0.6 is 11.6 Å². The molecule has 2 aliphatic heterocycles. The number of hydrogen-bond donors (Lipinski definition) is 0. The molecule has 0 aliphatic carbocycles. The number of ether oxygens (including phenoxy) is 1. The molecule has 2 fully saturated rings. The highest BCUT2D eigenvalue weighted by Crippen LogP contribution is 2.33. The van der Waals surface area contributed by atoms with E-state index in [9.17, 15) is 4.79 Å². The summed E-state index contributed by atoms with van der Waals surface area (Å²) in [6.45, 7) is 5.74. The predicted octanol–water partition coefficient (Wildman–Crippen LogP) is 0.844. The maximum absolute atomic E-state index is 13.2. The Labute approximate surface area is 163 Å². The second-order valence-corrected chi connectivity index (χ2v) is 7.73. The van der Waals surface area contributed by atoms with Gasteiger partial charge in [0.05, 0.1) is 48.9 Å². The van der Waals surface area contributed by atoms with Gasteiger partial charge in [-0.3, -0.25) is 14.4 Å². The fraction of sp³-hybridized carbons (Fsp3) is 0.611. The Balaban J connectivity index is 1.47. The summed E-state index contributed by atoms with van der Waals surface area (Å²) in [5.41, 5.74) is 0.994. The highest BCUT2D eigenvalue weighted by atomic mass is 35.5. The summed E-state index contributed by atoms with van der Waals surface area (Å²) in [6, 6.07) is 0. The number of morpholine rings is 1. The number of aromatic nitrogens is 4. The molecule has 4 rings (SSSR count). The minimum absolute atomic E-state index is 0.0702. The van der Waals surface area contributed by atoms with Crippen LogP contribution < -0.4 is 0 Å². The van der Waals surface area contributed by atoms with Crippen molar-refractivity contribution < 1.29 is 9.53 Å². The van der Waals surface area contributed by atoms with Crippen LogP contribution in [0.2, 0.25) is 5.02 Å². The Hall–Kier alpha value is -1.90. The lowest BCUT2D eigenvalue weighted by Gasteiger charge is -2.30. The molecule has 1 amide bonds. The number of carbonyl (C=O) groups excluding carboxylic acids is 1. The second-order valence-electron chi connectivity index (χ2n) is 7.30. The molecular weight excluding hydrogens is 368 g/mol. The van der Waals surface area contributed by atoms with Gasteiger partial charge in [-0.2, -0.15) is 5.10 Å². The van der Waals surface area contributed by atoms with Crippen LogP contribution in [0.1, 0.15) is 11.6 Å². The monoisotopic (exact) mass is 392 g/mol. The zero-order valence-corrected chi connectivity index (χ0v) is 16.3. The quantitative estimate of drug-likeness (QED) is 0.754. The van der Waals surface area contributed by atoms with Crippen molar-refractivity contribution >= 4 is 17.5 Å². The van der Waals surface area contributed by atoms with Gasteiger partial charge in [-0.05, 0) is 0 Å². The van der Waals surface area contributed by atoms with Gasteiger partial charge in [0, 0.05) is 58.1 Å². The molecule has 8 nitrogen and oxygen atoms in total. The maximum atomic E-state index is 13.2. The highest BCUT2D eigenvalue weighted by molar-refractivity contribution is 6.30. The van der Waals surface area contributed by atoms with E-state index in [-0.39, 0.29) is 17.7 Å². The SMILES string of the molecule is Cn1cnc([C@@H]2CN(CCn3cc(Cl)cn3)C[C@H]2C(=O)N2CCOCC2)c1. The van der Waals surface area contributed by atoms with E-state index in [0.717, 1.165) is 31.9 Å². The molecular formula is C18H25ClN6O2. The molecule has 0 spiro atoms. The molecule has 0 aromatic carbocycles. The molecule has 0 unspecified atom stereocenters. The summed E-state index contributed by atoms with van der Waals surface area (Å²) < 4.78 is 9.18. The van der Waals surface area contributed by atoms with Crippen molar-refractivity contribution in [2.75, 3.05) is 45.9 Å². The predicted molar refractivity (Wildman–Crippen MR) is 101 cm³/mol. The standard InChI is InChI=1S/C18H25ClN6O2/c1-22-12-17(20-13-22)15-10-23(2-3-25-9-14(19)8-21-25)11-16(15)18(26)24-4-6-27-7-5-24/h8-9,12-13,15-16H,2-7,10-11H2,1H3/t15-,16-/m1/s1. The average Bonchev–Trinajstić information content (AvgIpc) is 3.40. The first-order chi connectivity index (χ1) is 13.1. The minimum atomic E-state index is -0.0702. The summed E-state index contributed by atoms with van der Waals surface area (Å²) in [4.78, 5) is 22.0. The van der Waals surface area contributed by atoms with Crippen LogP contribution in [-0.2, 0) is 23.1 Å². The first-order valence-corrected chi connectivity index (χ1v) is 9.72. The molecule has 0 saturated carbocycles. The molecule has 27 heavy (non-hydrogen) atoms. The number of rotatable bonds is 5. The van der Waals surface area contributed by atoms with Crippen molar-refractivity contribution in [3.63, 3.8) is 0 Å². The molecule has 0 bridgehead atoms. The van der Waals surface area contributed by atoms with Crippen LogP contribution in [0.15, 0.2) is 24.9 Å². The first-order valence-electron chi connectivity index (χ1n) is 9.35. The lowest BCUT2D eigenvalue weighted by molar-refractivity contribution is -0.139. The lowest BCUT2D eigenvalue weighted by atomic mass is 9.92. The molecule has 2 aliphatic rings.